The Hall–Kier alpha value is -0.480. The summed E-state index contributed by atoms with van der Waals surface area (Å²) in [5, 5.41) is 7.98. The maximum Gasteiger partial charge on any atom is 0.0857 e. The molecule has 1 aromatic rings. The fraction of sp³-hybridized carbons (Fsp3) is 0.875. The highest BCUT2D eigenvalue weighted by Gasteiger charge is 2.33. The molecule has 1 N–H and O–H groups in total. The number of hydrogen-bond donors (Lipinski definition) is 1. The molecule has 20 heavy (non-hydrogen) atoms. The van der Waals surface area contributed by atoms with Crippen LogP contribution in [0.25, 0.3) is 0 Å². The number of rotatable bonds is 4. The van der Waals surface area contributed by atoms with Gasteiger partial charge in [-0.1, -0.05) is 51.4 Å². The second-order valence-corrected chi connectivity index (χ2v) is 7.99. The summed E-state index contributed by atoms with van der Waals surface area (Å²) in [4.78, 5) is 1.36. The van der Waals surface area contributed by atoms with Crippen molar-refractivity contribution < 1.29 is 0 Å². The maximum absolute atomic E-state index is 4.42. The van der Waals surface area contributed by atoms with Crippen LogP contribution in [0.1, 0.15) is 76.4 Å². The van der Waals surface area contributed by atoms with E-state index >= 15 is 0 Å². The van der Waals surface area contributed by atoms with Gasteiger partial charge >= 0.3 is 0 Å². The minimum Gasteiger partial charge on any atom is -0.312 e. The normalized spacial score (nSPS) is 25.6. The fourth-order valence-electron chi connectivity index (χ4n) is 3.51. The molecule has 0 spiro atoms. The van der Waals surface area contributed by atoms with Crippen LogP contribution in [0.15, 0.2) is 0 Å². The third kappa shape index (κ3) is 3.40. The van der Waals surface area contributed by atoms with Gasteiger partial charge in [-0.2, -0.15) is 0 Å². The SMILES string of the molecule is CCC1CCCC(C(NC)c2snnc2C(C)(C)C)C1. The van der Waals surface area contributed by atoms with Crippen LogP contribution >= 0.6 is 11.5 Å². The molecule has 3 unspecified atom stereocenters. The Morgan fingerprint density at radius 3 is 2.70 bits per heavy atom. The largest absolute Gasteiger partial charge is 0.312 e. The zero-order chi connectivity index (χ0) is 14.8. The summed E-state index contributed by atoms with van der Waals surface area (Å²) >= 11 is 1.59. The number of hydrogen-bond acceptors (Lipinski definition) is 4. The molecule has 114 valence electrons. The van der Waals surface area contributed by atoms with Crippen molar-refractivity contribution in [2.75, 3.05) is 7.05 Å². The molecular weight excluding hydrogens is 266 g/mol. The minimum atomic E-state index is 0.0796. The lowest BCUT2D eigenvalue weighted by Gasteiger charge is -2.34. The predicted octanol–water partition coefficient (Wildman–Crippen LogP) is 4.31. The summed E-state index contributed by atoms with van der Waals surface area (Å²) < 4.78 is 4.24. The van der Waals surface area contributed by atoms with Crippen molar-refractivity contribution in [2.45, 2.75) is 71.3 Å². The molecule has 0 aliphatic heterocycles. The first-order valence-electron chi connectivity index (χ1n) is 7.97. The van der Waals surface area contributed by atoms with Crippen LogP contribution in [0, 0.1) is 11.8 Å². The lowest BCUT2D eigenvalue weighted by molar-refractivity contribution is 0.215. The Labute approximate surface area is 127 Å². The van der Waals surface area contributed by atoms with Crippen LogP contribution in [-0.2, 0) is 5.41 Å². The van der Waals surface area contributed by atoms with Crippen molar-refractivity contribution in [1.82, 2.24) is 14.9 Å². The Balaban J connectivity index is 2.22. The van der Waals surface area contributed by atoms with Crippen molar-refractivity contribution >= 4 is 11.5 Å². The van der Waals surface area contributed by atoms with Gasteiger partial charge in [0.15, 0.2) is 0 Å². The molecule has 1 aromatic heterocycles. The molecule has 1 saturated carbocycles. The van der Waals surface area contributed by atoms with E-state index in [-0.39, 0.29) is 5.41 Å². The van der Waals surface area contributed by atoms with E-state index in [0.29, 0.717) is 6.04 Å². The first kappa shape index (κ1) is 15.9. The second kappa shape index (κ2) is 6.52. The van der Waals surface area contributed by atoms with E-state index in [4.69, 9.17) is 0 Å². The third-order valence-corrected chi connectivity index (χ3v) is 5.50. The van der Waals surface area contributed by atoms with Crippen LogP contribution in [-0.4, -0.2) is 16.6 Å². The molecule has 2 rings (SSSR count). The lowest BCUT2D eigenvalue weighted by Crippen LogP contribution is -2.31. The van der Waals surface area contributed by atoms with Gasteiger partial charge in [0.1, 0.15) is 0 Å². The molecule has 0 amide bonds. The highest BCUT2D eigenvalue weighted by Crippen LogP contribution is 2.41. The van der Waals surface area contributed by atoms with Crippen LogP contribution in [0.3, 0.4) is 0 Å². The molecule has 1 aliphatic rings. The zero-order valence-corrected chi connectivity index (χ0v) is 14.4. The van der Waals surface area contributed by atoms with E-state index < -0.39 is 0 Å². The van der Waals surface area contributed by atoms with Crippen LogP contribution in [0.4, 0.5) is 0 Å². The maximum atomic E-state index is 4.42. The van der Waals surface area contributed by atoms with Gasteiger partial charge in [-0.05, 0) is 43.3 Å². The van der Waals surface area contributed by atoms with Crippen molar-refractivity contribution in [2.24, 2.45) is 11.8 Å². The summed E-state index contributed by atoms with van der Waals surface area (Å²) in [5.41, 5.74) is 1.26. The smallest absolute Gasteiger partial charge is 0.0857 e. The molecule has 3 atom stereocenters. The van der Waals surface area contributed by atoms with Gasteiger partial charge in [-0.25, -0.2) is 0 Å². The Bertz CT molecular complexity index is 422. The molecule has 1 heterocycles. The lowest BCUT2D eigenvalue weighted by atomic mass is 9.75. The topological polar surface area (TPSA) is 37.8 Å². The predicted molar refractivity (Wildman–Crippen MR) is 86.1 cm³/mol. The van der Waals surface area contributed by atoms with E-state index in [2.05, 4.69) is 49.6 Å². The van der Waals surface area contributed by atoms with E-state index in [1.54, 1.807) is 11.5 Å². The van der Waals surface area contributed by atoms with E-state index in [1.807, 2.05) is 0 Å². The second-order valence-electron chi connectivity index (χ2n) is 7.20. The van der Waals surface area contributed by atoms with Crippen molar-refractivity contribution in [3.05, 3.63) is 10.6 Å². The monoisotopic (exact) mass is 295 g/mol. The zero-order valence-electron chi connectivity index (χ0n) is 13.6. The molecule has 0 radical (unpaired) electrons. The van der Waals surface area contributed by atoms with E-state index in [1.165, 1.54) is 42.7 Å². The van der Waals surface area contributed by atoms with E-state index in [9.17, 15) is 0 Å². The van der Waals surface area contributed by atoms with Gasteiger partial charge in [0.25, 0.3) is 0 Å². The molecule has 0 aromatic carbocycles. The Kier molecular flexibility index (Phi) is 5.19. The van der Waals surface area contributed by atoms with Gasteiger partial charge in [0.2, 0.25) is 0 Å². The fourth-order valence-corrected chi connectivity index (χ4v) is 4.58. The minimum absolute atomic E-state index is 0.0796. The third-order valence-electron chi connectivity index (χ3n) is 4.69. The van der Waals surface area contributed by atoms with Gasteiger partial charge in [0.05, 0.1) is 10.6 Å². The molecular formula is C16H29N3S. The van der Waals surface area contributed by atoms with Crippen LogP contribution < -0.4 is 5.32 Å². The van der Waals surface area contributed by atoms with Crippen molar-refractivity contribution in [3.8, 4) is 0 Å². The summed E-state index contributed by atoms with van der Waals surface area (Å²) in [5.74, 6) is 1.64. The number of aromatic nitrogens is 2. The van der Waals surface area contributed by atoms with Crippen LogP contribution in [0.5, 0.6) is 0 Å². The standard InChI is InChI=1S/C16H29N3S/c1-6-11-8-7-9-12(10-11)13(17-5)14-15(16(2,3)4)18-19-20-14/h11-13,17H,6-10H2,1-5H3. The Morgan fingerprint density at radius 2 is 2.10 bits per heavy atom. The Morgan fingerprint density at radius 1 is 1.35 bits per heavy atom. The molecule has 4 heteroatoms. The van der Waals surface area contributed by atoms with Gasteiger partial charge in [0, 0.05) is 11.5 Å². The summed E-state index contributed by atoms with van der Waals surface area (Å²) in [7, 11) is 2.09. The van der Waals surface area contributed by atoms with E-state index in [0.717, 1.165) is 11.8 Å². The number of nitrogens with zero attached hydrogens (tertiary/aromatic N) is 2. The molecule has 0 saturated heterocycles. The summed E-state index contributed by atoms with van der Waals surface area (Å²) in [6, 6.07) is 0.429. The van der Waals surface area contributed by atoms with Gasteiger partial charge in [-0.15, -0.1) is 5.10 Å². The summed E-state index contributed by atoms with van der Waals surface area (Å²) in [6.07, 6.45) is 6.79. The average Bonchev–Trinajstić information content (AvgIpc) is 2.89. The first-order valence-corrected chi connectivity index (χ1v) is 8.74. The van der Waals surface area contributed by atoms with Crippen molar-refractivity contribution in [3.63, 3.8) is 0 Å². The molecule has 0 bridgehead atoms. The molecule has 1 fully saturated rings. The van der Waals surface area contributed by atoms with Gasteiger partial charge < -0.3 is 5.32 Å². The average molecular weight is 295 g/mol. The quantitative estimate of drug-likeness (QED) is 0.899. The summed E-state index contributed by atoms with van der Waals surface area (Å²) in [6.45, 7) is 9.03. The highest BCUT2D eigenvalue weighted by molar-refractivity contribution is 7.05. The molecule has 3 nitrogen and oxygen atoms in total. The van der Waals surface area contributed by atoms with Gasteiger partial charge in [-0.3, -0.25) is 0 Å². The molecule has 1 aliphatic carbocycles. The first-order chi connectivity index (χ1) is 9.47. The van der Waals surface area contributed by atoms with Crippen LogP contribution in [0.2, 0.25) is 0 Å². The number of nitrogens with one attached hydrogen (secondary N) is 1. The highest BCUT2D eigenvalue weighted by atomic mass is 32.1. The van der Waals surface area contributed by atoms with Crippen molar-refractivity contribution in [1.29, 1.82) is 0 Å².